The Balaban J connectivity index is 3.64. The van der Waals surface area contributed by atoms with Gasteiger partial charge in [-0.25, -0.2) is 0 Å². The number of rotatable bonds is 2. The van der Waals surface area contributed by atoms with Crippen molar-refractivity contribution in [2.75, 3.05) is 6.61 Å². The second kappa shape index (κ2) is 4.83. The quantitative estimate of drug-likeness (QED) is 0.510. The first-order valence-corrected chi connectivity index (χ1v) is 3.04. The van der Waals surface area contributed by atoms with Crippen molar-refractivity contribution in [1.82, 2.24) is 5.32 Å². The van der Waals surface area contributed by atoms with Crippen molar-refractivity contribution >= 4 is 5.91 Å². The molecule has 0 fully saturated rings. The van der Waals surface area contributed by atoms with Crippen LogP contribution in [0.3, 0.4) is 0 Å². The lowest BCUT2D eigenvalue weighted by molar-refractivity contribution is -0.116. The summed E-state index contributed by atoms with van der Waals surface area (Å²) in [6.07, 6.45) is 0. The highest BCUT2D eigenvalue weighted by Gasteiger charge is 2.00. The highest BCUT2D eigenvalue weighted by molar-refractivity contribution is 5.93. The van der Waals surface area contributed by atoms with E-state index in [1.807, 2.05) is 0 Å². The summed E-state index contributed by atoms with van der Waals surface area (Å²) in [6.45, 7) is 3.23. The normalized spacial score (nSPS) is 11.1. The molecule has 0 bridgehead atoms. The van der Waals surface area contributed by atoms with Crippen molar-refractivity contribution in [2.45, 2.75) is 19.9 Å². The average molecular weight is 141 g/mol. The van der Waals surface area contributed by atoms with Crippen LogP contribution in [0.15, 0.2) is 0 Å². The van der Waals surface area contributed by atoms with Crippen molar-refractivity contribution < 1.29 is 9.90 Å². The Bertz CT molecular complexity index is 166. The average Bonchev–Trinajstić information content (AvgIpc) is 1.88. The van der Waals surface area contributed by atoms with E-state index in [4.69, 9.17) is 5.11 Å². The molecule has 2 N–H and O–H groups in total. The summed E-state index contributed by atoms with van der Waals surface area (Å²) in [7, 11) is 0. The SMILES string of the molecule is CC#CC(=O)N[C@H](C)CO. The van der Waals surface area contributed by atoms with E-state index in [0.29, 0.717) is 0 Å². The molecule has 0 aromatic heterocycles. The third kappa shape index (κ3) is 3.93. The number of carbonyl (C=O) groups excluding carboxylic acids is 1. The molecular weight excluding hydrogens is 130 g/mol. The van der Waals surface area contributed by atoms with Crippen molar-refractivity contribution in [2.24, 2.45) is 0 Å². The molecule has 56 valence electrons. The molecule has 0 saturated carbocycles. The van der Waals surface area contributed by atoms with Crippen molar-refractivity contribution in [1.29, 1.82) is 0 Å². The van der Waals surface area contributed by atoms with Gasteiger partial charge in [0.2, 0.25) is 0 Å². The van der Waals surface area contributed by atoms with Crippen LogP contribution >= 0.6 is 0 Å². The number of amides is 1. The van der Waals surface area contributed by atoms with Crippen LogP contribution in [-0.2, 0) is 4.79 Å². The van der Waals surface area contributed by atoms with E-state index in [0.717, 1.165) is 0 Å². The third-order valence-corrected chi connectivity index (χ3v) is 0.890. The molecule has 0 aliphatic rings. The van der Waals surface area contributed by atoms with E-state index >= 15 is 0 Å². The van der Waals surface area contributed by atoms with Crippen LogP contribution in [-0.4, -0.2) is 23.7 Å². The minimum atomic E-state index is -0.343. The molecule has 0 heterocycles. The maximum absolute atomic E-state index is 10.6. The first-order valence-electron chi connectivity index (χ1n) is 3.04. The first-order chi connectivity index (χ1) is 4.70. The van der Waals surface area contributed by atoms with Gasteiger partial charge in [0.1, 0.15) is 0 Å². The van der Waals surface area contributed by atoms with Gasteiger partial charge in [-0.05, 0) is 19.8 Å². The molecule has 0 saturated heterocycles. The number of aliphatic hydroxyl groups excluding tert-OH is 1. The van der Waals surface area contributed by atoms with Crippen LogP contribution in [0.1, 0.15) is 13.8 Å². The Morgan fingerprint density at radius 3 is 2.80 bits per heavy atom. The lowest BCUT2D eigenvalue weighted by Gasteiger charge is -2.05. The van der Waals surface area contributed by atoms with E-state index in [1.54, 1.807) is 13.8 Å². The molecule has 0 aromatic rings. The summed E-state index contributed by atoms with van der Waals surface area (Å²) < 4.78 is 0. The molecule has 3 heteroatoms. The summed E-state index contributed by atoms with van der Waals surface area (Å²) in [5, 5.41) is 11.0. The number of nitrogens with one attached hydrogen (secondary N) is 1. The number of carbonyl (C=O) groups is 1. The van der Waals surface area contributed by atoms with Crippen LogP contribution in [0.25, 0.3) is 0 Å². The molecule has 0 aliphatic carbocycles. The largest absolute Gasteiger partial charge is 0.394 e. The van der Waals surface area contributed by atoms with Gasteiger partial charge in [0.05, 0.1) is 12.6 Å². The van der Waals surface area contributed by atoms with Gasteiger partial charge < -0.3 is 10.4 Å². The lowest BCUT2D eigenvalue weighted by atomic mass is 10.3. The number of aliphatic hydroxyl groups is 1. The molecule has 3 nitrogen and oxygen atoms in total. The standard InChI is InChI=1S/C7H11NO2/c1-3-4-7(10)8-6(2)5-9/h6,9H,5H2,1-2H3,(H,8,10)/t6-/m1/s1. The maximum Gasteiger partial charge on any atom is 0.296 e. The zero-order valence-electron chi connectivity index (χ0n) is 6.14. The Morgan fingerprint density at radius 1 is 1.80 bits per heavy atom. The van der Waals surface area contributed by atoms with Crippen LogP contribution in [0.5, 0.6) is 0 Å². The second-order valence-corrected chi connectivity index (χ2v) is 1.93. The minimum absolute atomic E-state index is 0.0584. The van der Waals surface area contributed by atoms with E-state index in [9.17, 15) is 4.79 Å². The van der Waals surface area contributed by atoms with Crippen LogP contribution < -0.4 is 5.32 Å². The molecule has 0 unspecified atom stereocenters. The van der Waals surface area contributed by atoms with E-state index < -0.39 is 0 Å². The van der Waals surface area contributed by atoms with Gasteiger partial charge in [0.15, 0.2) is 0 Å². The predicted octanol–water partition coefficient (Wildman–Crippen LogP) is -0.493. The monoisotopic (exact) mass is 141 g/mol. The fourth-order valence-corrected chi connectivity index (χ4v) is 0.419. The summed E-state index contributed by atoms with van der Waals surface area (Å²) in [4.78, 5) is 10.6. The smallest absolute Gasteiger partial charge is 0.296 e. The fraction of sp³-hybridized carbons (Fsp3) is 0.571. The Hall–Kier alpha value is -1.01. The van der Waals surface area contributed by atoms with Crippen molar-refractivity contribution in [3.8, 4) is 11.8 Å². The topological polar surface area (TPSA) is 49.3 Å². The Morgan fingerprint density at radius 2 is 2.40 bits per heavy atom. The van der Waals surface area contributed by atoms with Gasteiger partial charge in [0.25, 0.3) is 5.91 Å². The molecule has 0 aliphatic heterocycles. The van der Waals surface area contributed by atoms with Crippen LogP contribution in [0.4, 0.5) is 0 Å². The van der Waals surface area contributed by atoms with Gasteiger partial charge in [-0.15, -0.1) is 0 Å². The molecular formula is C7H11NO2. The molecule has 0 spiro atoms. The molecule has 10 heavy (non-hydrogen) atoms. The van der Waals surface area contributed by atoms with Gasteiger partial charge in [-0.3, -0.25) is 4.79 Å². The van der Waals surface area contributed by atoms with Crippen molar-refractivity contribution in [3.63, 3.8) is 0 Å². The van der Waals surface area contributed by atoms with Gasteiger partial charge in [0, 0.05) is 0 Å². The van der Waals surface area contributed by atoms with E-state index in [-0.39, 0.29) is 18.6 Å². The minimum Gasteiger partial charge on any atom is -0.394 e. The predicted molar refractivity (Wildman–Crippen MR) is 38.1 cm³/mol. The molecule has 1 atom stereocenters. The summed E-state index contributed by atoms with van der Waals surface area (Å²) in [5.41, 5.74) is 0. The van der Waals surface area contributed by atoms with Gasteiger partial charge in [-0.2, -0.15) is 0 Å². The number of hydrogen-bond acceptors (Lipinski definition) is 2. The second-order valence-electron chi connectivity index (χ2n) is 1.93. The van der Waals surface area contributed by atoms with Gasteiger partial charge >= 0.3 is 0 Å². The zero-order chi connectivity index (χ0) is 7.98. The molecule has 0 radical (unpaired) electrons. The molecule has 0 rings (SSSR count). The number of hydrogen-bond donors (Lipinski definition) is 2. The highest BCUT2D eigenvalue weighted by atomic mass is 16.3. The Labute approximate surface area is 60.4 Å². The molecule has 0 aromatic carbocycles. The molecule has 1 amide bonds. The van der Waals surface area contributed by atoms with E-state index in [1.165, 1.54) is 0 Å². The fourth-order valence-electron chi connectivity index (χ4n) is 0.419. The highest BCUT2D eigenvalue weighted by Crippen LogP contribution is 1.76. The summed E-state index contributed by atoms with van der Waals surface area (Å²) in [6, 6.07) is -0.214. The third-order valence-electron chi connectivity index (χ3n) is 0.890. The summed E-state index contributed by atoms with van der Waals surface area (Å²) in [5.74, 6) is 4.41. The van der Waals surface area contributed by atoms with Gasteiger partial charge in [-0.1, -0.05) is 5.92 Å². The maximum atomic E-state index is 10.6. The van der Waals surface area contributed by atoms with Crippen molar-refractivity contribution in [3.05, 3.63) is 0 Å². The Kier molecular flexibility index (Phi) is 4.34. The lowest BCUT2D eigenvalue weighted by Crippen LogP contribution is -2.33. The summed E-state index contributed by atoms with van der Waals surface area (Å²) >= 11 is 0. The first kappa shape index (κ1) is 8.99. The van der Waals surface area contributed by atoms with Crippen LogP contribution in [0.2, 0.25) is 0 Å². The van der Waals surface area contributed by atoms with Crippen LogP contribution in [0, 0.1) is 11.8 Å². The zero-order valence-corrected chi connectivity index (χ0v) is 6.14. The van der Waals surface area contributed by atoms with E-state index in [2.05, 4.69) is 17.2 Å².